The van der Waals surface area contributed by atoms with Gasteiger partial charge >= 0.3 is 0 Å². The van der Waals surface area contributed by atoms with Crippen LogP contribution in [-0.2, 0) is 16.9 Å². The van der Waals surface area contributed by atoms with Crippen molar-refractivity contribution < 1.29 is 13.2 Å². The van der Waals surface area contributed by atoms with Crippen molar-refractivity contribution in [2.75, 3.05) is 24.2 Å². The van der Waals surface area contributed by atoms with Crippen LogP contribution in [0.15, 0.2) is 41.6 Å². The summed E-state index contributed by atoms with van der Waals surface area (Å²) in [5, 5.41) is 7.06. The Balaban J connectivity index is 1.56. The summed E-state index contributed by atoms with van der Waals surface area (Å²) < 4.78 is 24.7. The van der Waals surface area contributed by atoms with E-state index in [1.807, 2.05) is 12.1 Å². The summed E-state index contributed by atoms with van der Waals surface area (Å²) in [6.07, 6.45) is 6.17. The molecule has 25 heavy (non-hydrogen) atoms. The van der Waals surface area contributed by atoms with Gasteiger partial charge in [0.25, 0.3) is 5.91 Å². The molecule has 1 amide bonds. The molecule has 0 unspecified atom stereocenters. The van der Waals surface area contributed by atoms with Crippen LogP contribution in [-0.4, -0.2) is 49.5 Å². The minimum atomic E-state index is -3.17. The largest absolute Gasteiger partial charge is 0.371 e. The van der Waals surface area contributed by atoms with Crippen LogP contribution in [0.1, 0.15) is 23.2 Å². The number of hydrogen-bond acceptors (Lipinski definition) is 5. The molecule has 1 aromatic carbocycles. The molecule has 0 bridgehead atoms. The van der Waals surface area contributed by atoms with E-state index in [2.05, 4.69) is 15.3 Å². The van der Waals surface area contributed by atoms with Gasteiger partial charge in [0.05, 0.1) is 16.7 Å². The number of aryl methyl sites for hydroxylation is 1. The number of rotatable bonds is 4. The first-order valence-corrected chi connectivity index (χ1v) is 10.1. The highest BCUT2D eigenvalue weighted by molar-refractivity contribution is 7.90. The van der Waals surface area contributed by atoms with Crippen molar-refractivity contribution in [2.24, 2.45) is 7.05 Å². The van der Waals surface area contributed by atoms with Gasteiger partial charge in [0.1, 0.15) is 0 Å². The van der Waals surface area contributed by atoms with E-state index in [0.717, 1.165) is 31.6 Å². The lowest BCUT2D eigenvalue weighted by Gasteiger charge is -2.34. The topological polar surface area (TPSA) is 84.3 Å². The standard InChI is InChI=1S/C17H22N4O3S/c1-20-12-13(11-18-20)17(22)19-14-7-9-21(10-8-14)15-3-5-16(6-4-15)25(2,23)24/h3-6,11-12,14H,7-10H2,1-2H3,(H,19,22). The van der Waals surface area contributed by atoms with E-state index in [1.54, 1.807) is 36.3 Å². The van der Waals surface area contributed by atoms with Gasteiger partial charge in [0, 0.05) is 44.3 Å². The first-order valence-electron chi connectivity index (χ1n) is 8.17. The lowest BCUT2D eigenvalue weighted by atomic mass is 10.0. The third kappa shape index (κ3) is 4.19. The lowest BCUT2D eigenvalue weighted by molar-refractivity contribution is 0.0931. The van der Waals surface area contributed by atoms with Crippen LogP contribution in [0.5, 0.6) is 0 Å². The molecule has 1 aliphatic heterocycles. The molecule has 0 radical (unpaired) electrons. The van der Waals surface area contributed by atoms with Gasteiger partial charge in [-0.3, -0.25) is 9.48 Å². The SMILES string of the molecule is Cn1cc(C(=O)NC2CCN(c3ccc(S(C)(=O)=O)cc3)CC2)cn1. The third-order valence-corrected chi connectivity index (χ3v) is 5.56. The highest BCUT2D eigenvalue weighted by Crippen LogP contribution is 2.22. The summed E-state index contributed by atoms with van der Waals surface area (Å²) in [4.78, 5) is 14.7. The Morgan fingerprint density at radius 2 is 1.84 bits per heavy atom. The molecule has 1 saturated heterocycles. The van der Waals surface area contributed by atoms with Crippen molar-refractivity contribution >= 4 is 21.4 Å². The van der Waals surface area contributed by atoms with Crippen LogP contribution in [0.4, 0.5) is 5.69 Å². The zero-order chi connectivity index (χ0) is 18.0. The molecule has 1 fully saturated rings. The number of benzene rings is 1. The number of sulfone groups is 1. The Bertz CT molecular complexity index is 850. The smallest absolute Gasteiger partial charge is 0.254 e. The number of hydrogen-bond donors (Lipinski definition) is 1. The molecule has 8 heteroatoms. The molecule has 0 atom stereocenters. The molecule has 134 valence electrons. The lowest BCUT2D eigenvalue weighted by Crippen LogP contribution is -2.44. The number of nitrogens with one attached hydrogen (secondary N) is 1. The van der Waals surface area contributed by atoms with E-state index in [0.29, 0.717) is 10.5 Å². The Morgan fingerprint density at radius 3 is 2.36 bits per heavy atom. The zero-order valence-electron chi connectivity index (χ0n) is 14.3. The molecule has 3 rings (SSSR count). The van der Waals surface area contributed by atoms with E-state index < -0.39 is 9.84 Å². The van der Waals surface area contributed by atoms with E-state index in [1.165, 1.54) is 6.26 Å². The first kappa shape index (κ1) is 17.5. The maximum Gasteiger partial charge on any atom is 0.254 e. The Labute approximate surface area is 147 Å². The van der Waals surface area contributed by atoms with Crippen molar-refractivity contribution in [3.05, 3.63) is 42.2 Å². The predicted octanol–water partition coefficient (Wildman–Crippen LogP) is 1.22. The molecule has 1 aromatic heterocycles. The highest BCUT2D eigenvalue weighted by Gasteiger charge is 2.22. The summed E-state index contributed by atoms with van der Waals surface area (Å²) in [6.45, 7) is 1.63. The fraction of sp³-hybridized carbons (Fsp3) is 0.412. The van der Waals surface area contributed by atoms with Crippen LogP contribution in [0.3, 0.4) is 0 Å². The number of carbonyl (C=O) groups excluding carboxylic acids is 1. The van der Waals surface area contributed by atoms with Crippen molar-refractivity contribution in [2.45, 2.75) is 23.8 Å². The Morgan fingerprint density at radius 1 is 1.20 bits per heavy atom. The fourth-order valence-corrected chi connectivity index (χ4v) is 3.62. The van der Waals surface area contributed by atoms with E-state index in [4.69, 9.17) is 0 Å². The number of anilines is 1. The molecule has 1 N–H and O–H groups in total. The summed E-state index contributed by atoms with van der Waals surface area (Å²) in [6, 6.07) is 7.09. The second-order valence-electron chi connectivity index (χ2n) is 6.40. The van der Waals surface area contributed by atoms with Gasteiger partial charge in [-0.05, 0) is 37.1 Å². The Kier molecular flexibility index (Phi) is 4.80. The van der Waals surface area contributed by atoms with Gasteiger partial charge in [-0.1, -0.05) is 0 Å². The van der Waals surface area contributed by atoms with E-state index in [9.17, 15) is 13.2 Å². The van der Waals surface area contributed by atoms with Gasteiger partial charge < -0.3 is 10.2 Å². The molecule has 0 spiro atoms. The van der Waals surface area contributed by atoms with E-state index >= 15 is 0 Å². The minimum absolute atomic E-state index is 0.0935. The monoisotopic (exact) mass is 362 g/mol. The van der Waals surface area contributed by atoms with Crippen LogP contribution in [0, 0.1) is 0 Å². The van der Waals surface area contributed by atoms with Crippen molar-refractivity contribution in [3.63, 3.8) is 0 Å². The highest BCUT2D eigenvalue weighted by atomic mass is 32.2. The second-order valence-corrected chi connectivity index (χ2v) is 8.42. The van der Waals surface area contributed by atoms with Gasteiger partial charge in [0.2, 0.25) is 0 Å². The third-order valence-electron chi connectivity index (χ3n) is 4.43. The zero-order valence-corrected chi connectivity index (χ0v) is 15.2. The molecule has 2 heterocycles. The predicted molar refractivity (Wildman–Crippen MR) is 95.5 cm³/mol. The van der Waals surface area contributed by atoms with Gasteiger partial charge in [-0.2, -0.15) is 5.10 Å². The number of piperidine rings is 1. The fourth-order valence-electron chi connectivity index (χ4n) is 2.99. The van der Waals surface area contributed by atoms with Crippen molar-refractivity contribution in [3.8, 4) is 0 Å². The minimum Gasteiger partial charge on any atom is -0.371 e. The average Bonchev–Trinajstić information content (AvgIpc) is 3.02. The molecular formula is C17H22N4O3S. The molecule has 7 nitrogen and oxygen atoms in total. The van der Waals surface area contributed by atoms with Crippen LogP contribution < -0.4 is 10.2 Å². The summed E-state index contributed by atoms with van der Waals surface area (Å²) in [5.41, 5.74) is 1.57. The van der Waals surface area contributed by atoms with Crippen LogP contribution in [0.25, 0.3) is 0 Å². The van der Waals surface area contributed by atoms with Gasteiger partial charge in [-0.25, -0.2) is 8.42 Å². The van der Waals surface area contributed by atoms with Crippen molar-refractivity contribution in [1.82, 2.24) is 15.1 Å². The van der Waals surface area contributed by atoms with Gasteiger partial charge in [0.15, 0.2) is 9.84 Å². The Hall–Kier alpha value is -2.35. The number of aromatic nitrogens is 2. The molecule has 1 aliphatic rings. The first-order chi connectivity index (χ1) is 11.8. The van der Waals surface area contributed by atoms with Crippen LogP contribution in [0.2, 0.25) is 0 Å². The number of amides is 1. The molecule has 0 aliphatic carbocycles. The molecule has 2 aromatic rings. The maximum absolute atomic E-state index is 12.2. The van der Waals surface area contributed by atoms with Crippen LogP contribution >= 0.6 is 0 Å². The maximum atomic E-state index is 12.2. The quantitative estimate of drug-likeness (QED) is 0.884. The summed E-state index contributed by atoms with van der Waals surface area (Å²) >= 11 is 0. The second kappa shape index (κ2) is 6.87. The van der Waals surface area contributed by atoms with Gasteiger partial charge in [-0.15, -0.1) is 0 Å². The summed E-state index contributed by atoms with van der Waals surface area (Å²) in [5.74, 6) is -0.0935. The molecule has 0 saturated carbocycles. The average molecular weight is 362 g/mol. The van der Waals surface area contributed by atoms with Crippen molar-refractivity contribution in [1.29, 1.82) is 0 Å². The number of carbonyl (C=O) groups is 1. The normalized spacial score (nSPS) is 16.0. The number of nitrogens with zero attached hydrogens (tertiary/aromatic N) is 3. The summed E-state index contributed by atoms with van der Waals surface area (Å²) in [7, 11) is -1.39. The van der Waals surface area contributed by atoms with E-state index in [-0.39, 0.29) is 11.9 Å². The molecular weight excluding hydrogens is 340 g/mol.